The molecular weight excluding hydrogens is 370 g/mol. The SMILES string of the molecule is CC(C)(C)[C@H]1CCc2c(sc(NC(=O)c3noc4c3CCCCC4)c2C#N)C1. The van der Waals surface area contributed by atoms with E-state index < -0.39 is 0 Å². The number of amides is 1. The third kappa shape index (κ3) is 3.48. The van der Waals surface area contributed by atoms with Crippen molar-refractivity contribution < 1.29 is 9.32 Å². The number of anilines is 1. The fraction of sp³-hybridized carbons (Fsp3) is 0.591. The van der Waals surface area contributed by atoms with Crippen molar-refractivity contribution in [3.63, 3.8) is 0 Å². The summed E-state index contributed by atoms with van der Waals surface area (Å²) in [6.45, 7) is 6.83. The predicted molar refractivity (Wildman–Crippen MR) is 110 cm³/mol. The van der Waals surface area contributed by atoms with Gasteiger partial charge >= 0.3 is 0 Å². The predicted octanol–water partition coefficient (Wildman–Crippen LogP) is 5.28. The van der Waals surface area contributed by atoms with Crippen molar-refractivity contribution in [3.8, 4) is 6.07 Å². The van der Waals surface area contributed by atoms with Crippen LogP contribution in [0.1, 0.15) is 84.3 Å². The lowest BCUT2D eigenvalue weighted by molar-refractivity contribution is 0.101. The van der Waals surface area contributed by atoms with Crippen LogP contribution in [-0.4, -0.2) is 11.1 Å². The van der Waals surface area contributed by atoms with E-state index in [-0.39, 0.29) is 11.3 Å². The molecule has 2 aromatic rings. The van der Waals surface area contributed by atoms with Gasteiger partial charge in [-0.15, -0.1) is 11.3 Å². The number of nitrogens with one attached hydrogen (secondary N) is 1. The van der Waals surface area contributed by atoms with Gasteiger partial charge in [0.15, 0.2) is 5.69 Å². The van der Waals surface area contributed by atoms with Gasteiger partial charge in [-0.05, 0) is 55.4 Å². The minimum absolute atomic E-state index is 0.246. The number of hydrogen-bond acceptors (Lipinski definition) is 5. The van der Waals surface area contributed by atoms with E-state index in [1.165, 1.54) is 4.88 Å². The molecule has 0 radical (unpaired) electrons. The standard InChI is InChI=1S/C22H27N3O2S/c1-22(2,3)13-9-10-14-16(12-23)21(28-18(14)11-13)24-20(26)19-15-7-5-4-6-8-17(15)27-25-19/h13H,4-11H2,1-3H3,(H,24,26)/t13-/m0/s1. The molecule has 2 aromatic heterocycles. The summed E-state index contributed by atoms with van der Waals surface area (Å²) in [5.41, 5.74) is 3.34. The molecule has 0 aliphatic heterocycles. The number of nitriles is 1. The van der Waals surface area contributed by atoms with E-state index in [0.717, 1.165) is 68.3 Å². The fourth-order valence-corrected chi connectivity index (χ4v) is 5.71. The summed E-state index contributed by atoms with van der Waals surface area (Å²) in [6, 6.07) is 2.33. The van der Waals surface area contributed by atoms with Crippen molar-refractivity contribution in [2.24, 2.45) is 11.3 Å². The second-order valence-corrected chi connectivity index (χ2v) is 10.2. The third-order valence-electron chi connectivity index (χ3n) is 6.24. The van der Waals surface area contributed by atoms with Crippen molar-refractivity contribution in [3.05, 3.63) is 33.0 Å². The van der Waals surface area contributed by atoms with Gasteiger partial charge in [-0.25, -0.2) is 0 Å². The van der Waals surface area contributed by atoms with E-state index in [1.54, 1.807) is 11.3 Å². The van der Waals surface area contributed by atoms with E-state index in [2.05, 4.69) is 37.3 Å². The summed E-state index contributed by atoms with van der Waals surface area (Å²) < 4.78 is 5.44. The number of hydrogen-bond donors (Lipinski definition) is 1. The van der Waals surface area contributed by atoms with Crippen LogP contribution in [0.5, 0.6) is 0 Å². The van der Waals surface area contributed by atoms with Crippen LogP contribution in [0.3, 0.4) is 0 Å². The zero-order valence-corrected chi connectivity index (χ0v) is 17.7. The molecular formula is C22H27N3O2S. The lowest BCUT2D eigenvalue weighted by Gasteiger charge is -2.33. The van der Waals surface area contributed by atoms with Gasteiger partial charge in [-0.2, -0.15) is 5.26 Å². The first-order valence-electron chi connectivity index (χ1n) is 10.2. The van der Waals surface area contributed by atoms with Crippen LogP contribution in [0.15, 0.2) is 4.52 Å². The summed E-state index contributed by atoms with van der Waals surface area (Å²) in [5, 5.41) is 17.4. The molecule has 2 aliphatic carbocycles. The molecule has 2 heterocycles. The van der Waals surface area contributed by atoms with Crippen molar-refractivity contribution in [2.75, 3.05) is 5.32 Å². The zero-order chi connectivity index (χ0) is 19.9. The van der Waals surface area contributed by atoms with Crippen molar-refractivity contribution >= 4 is 22.2 Å². The Labute approximate surface area is 170 Å². The molecule has 4 rings (SSSR count). The highest BCUT2D eigenvalue weighted by Crippen LogP contribution is 2.44. The lowest BCUT2D eigenvalue weighted by Crippen LogP contribution is -2.26. The zero-order valence-electron chi connectivity index (χ0n) is 16.9. The van der Waals surface area contributed by atoms with Gasteiger partial charge in [0.25, 0.3) is 5.91 Å². The molecule has 0 fully saturated rings. The van der Waals surface area contributed by atoms with Gasteiger partial charge in [0.2, 0.25) is 0 Å². The average Bonchev–Trinajstić information content (AvgIpc) is 3.12. The smallest absolute Gasteiger partial charge is 0.278 e. The molecule has 0 saturated heterocycles. The van der Waals surface area contributed by atoms with Crippen molar-refractivity contribution in [1.29, 1.82) is 5.26 Å². The highest BCUT2D eigenvalue weighted by molar-refractivity contribution is 7.16. The van der Waals surface area contributed by atoms with Gasteiger partial charge < -0.3 is 9.84 Å². The number of fused-ring (bicyclic) bond motifs is 2. The first kappa shape index (κ1) is 19.2. The quantitative estimate of drug-likeness (QED) is 0.699. The lowest BCUT2D eigenvalue weighted by atomic mass is 9.72. The number of thiophene rings is 1. The van der Waals surface area contributed by atoms with Crippen LogP contribution in [0.2, 0.25) is 0 Å². The Morgan fingerprint density at radius 1 is 1.21 bits per heavy atom. The second kappa shape index (κ2) is 7.36. The number of carbonyl (C=O) groups is 1. The summed E-state index contributed by atoms with van der Waals surface area (Å²) in [6.07, 6.45) is 7.94. The Bertz CT molecular complexity index is 942. The fourth-order valence-electron chi connectivity index (χ4n) is 4.43. The molecule has 148 valence electrons. The maximum atomic E-state index is 12.9. The first-order chi connectivity index (χ1) is 13.4. The Hall–Kier alpha value is -2.13. The molecule has 28 heavy (non-hydrogen) atoms. The monoisotopic (exact) mass is 397 g/mol. The van der Waals surface area contributed by atoms with Crippen molar-refractivity contribution in [1.82, 2.24) is 5.16 Å². The van der Waals surface area contributed by atoms with Crippen LogP contribution in [0, 0.1) is 22.7 Å². The summed E-state index contributed by atoms with van der Waals surface area (Å²) >= 11 is 1.56. The highest BCUT2D eigenvalue weighted by atomic mass is 32.1. The largest absolute Gasteiger partial charge is 0.360 e. The number of nitrogens with zero attached hydrogens (tertiary/aromatic N) is 2. The van der Waals surface area contributed by atoms with E-state index in [4.69, 9.17) is 4.52 Å². The first-order valence-corrected chi connectivity index (χ1v) is 11.0. The molecule has 1 amide bonds. The number of aromatic nitrogens is 1. The highest BCUT2D eigenvalue weighted by Gasteiger charge is 2.33. The Morgan fingerprint density at radius 3 is 2.75 bits per heavy atom. The van der Waals surface area contributed by atoms with Gasteiger partial charge in [0.1, 0.15) is 16.8 Å². The molecule has 0 spiro atoms. The van der Waals surface area contributed by atoms with Gasteiger partial charge in [-0.3, -0.25) is 4.79 Å². The molecule has 0 unspecified atom stereocenters. The van der Waals surface area contributed by atoms with Crippen LogP contribution in [0.4, 0.5) is 5.00 Å². The van der Waals surface area contributed by atoms with Gasteiger partial charge in [0.05, 0.1) is 5.56 Å². The molecule has 6 heteroatoms. The maximum Gasteiger partial charge on any atom is 0.278 e. The van der Waals surface area contributed by atoms with Gasteiger partial charge in [0, 0.05) is 16.9 Å². The Balaban J connectivity index is 1.60. The Morgan fingerprint density at radius 2 is 2.00 bits per heavy atom. The molecule has 0 saturated carbocycles. The molecule has 2 aliphatic rings. The topological polar surface area (TPSA) is 78.9 Å². The number of aryl methyl sites for hydroxylation is 1. The number of rotatable bonds is 2. The summed E-state index contributed by atoms with van der Waals surface area (Å²) in [4.78, 5) is 14.2. The van der Waals surface area contributed by atoms with Gasteiger partial charge in [-0.1, -0.05) is 32.3 Å². The van der Waals surface area contributed by atoms with Crippen LogP contribution in [0.25, 0.3) is 0 Å². The third-order valence-corrected chi connectivity index (χ3v) is 7.41. The molecule has 0 bridgehead atoms. The second-order valence-electron chi connectivity index (χ2n) is 9.07. The summed E-state index contributed by atoms with van der Waals surface area (Å²) in [5.74, 6) is 1.19. The minimum Gasteiger partial charge on any atom is -0.360 e. The van der Waals surface area contributed by atoms with E-state index in [9.17, 15) is 10.1 Å². The molecule has 5 nitrogen and oxygen atoms in total. The number of carbonyl (C=O) groups excluding carboxylic acids is 1. The van der Waals surface area contributed by atoms with E-state index in [1.807, 2.05) is 0 Å². The molecule has 1 atom stereocenters. The summed E-state index contributed by atoms with van der Waals surface area (Å²) in [7, 11) is 0. The minimum atomic E-state index is -0.255. The van der Waals surface area contributed by atoms with Crippen LogP contribution < -0.4 is 5.32 Å². The Kier molecular flexibility index (Phi) is 5.05. The molecule has 0 aromatic carbocycles. The van der Waals surface area contributed by atoms with E-state index >= 15 is 0 Å². The van der Waals surface area contributed by atoms with Crippen molar-refractivity contribution in [2.45, 2.75) is 72.1 Å². The molecule has 1 N–H and O–H groups in total. The maximum absolute atomic E-state index is 12.9. The average molecular weight is 398 g/mol. The van der Waals surface area contributed by atoms with Crippen LogP contribution in [-0.2, 0) is 25.7 Å². The van der Waals surface area contributed by atoms with E-state index in [0.29, 0.717) is 22.2 Å². The van der Waals surface area contributed by atoms with Crippen LogP contribution >= 0.6 is 11.3 Å². The normalized spacial score (nSPS) is 19.3.